The number of aryl methyl sites for hydroxylation is 1. The summed E-state index contributed by atoms with van der Waals surface area (Å²) in [7, 11) is 0. The number of amides is 1. The van der Waals surface area contributed by atoms with Crippen LogP contribution in [0.15, 0.2) is 34.9 Å². The number of aliphatic carboxylic acids is 1. The van der Waals surface area contributed by atoms with Crippen molar-refractivity contribution in [2.45, 2.75) is 25.9 Å². The number of rotatable bonds is 5. The third-order valence-corrected chi connectivity index (χ3v) is 3.55. The number of carbonyl (C=O) groups excluding carboxylic acids is 1. The zero-order valence-corrected chi connectivity index (χ0v) is 12.6. The molecule has 1 amide bonds. The Morgan fingerprint density at radius 3 is 2.85 bits per heavy atom. The maximum atomic E-state index is 11.6. The molecular weight excluding hydrogens is 324 g/mol. The summed E-state index contributed by atoms with van der Waals surface area (Å²) in [4.78, 5) is 22.3. The van der Waals surface area contributed by atoms with Crippen LogP contribution in [0.5, 0.6) is 0 Å². The van der Waals surface area contributed by atoms with E-state index in [1.165, 1.54) is 6.92 Å². The van der Waals surface area contributed by atoms with Gasteiger partial charge in [-0.3, -0.25) is 9.59 Å². The molecule has 0 aliphatic carbocycles. The Bertz CT molecular complexity index is 651. The smallest absolute Gasteiger partial charge is 0.325 e. The van der Waals surface area contributed by atoms with E-state index in [0.717, 1.165) is 15.4 Å². The van der Waals surface area contributed by atoms with Crippen LogP contribution in [0.4, 0.5) is 0 Å². The lowest BCUT2D eigenvalue weighted by atomic mass is 10.2. The van der Waals surface area contributed by atoms with Gasteiger partial charge in [-0.1, -0.05) is 15.9 Å². The maximum absolute atomic E-state index is 11.6. The van der Waals surface area contributed by atoms with E-state index in [1.54, 1.807) is 0 Å². The van der Waals surface area contributed by atoms with Gasteiger partial charge in [-0.25, -0.2) is 0 Å². The van der Waals surface area contributed by atoms with Gasteiger partial charge >= 0.3 is 5.97 Å². The zero-order valence-electron chi connectivity index (χ0n) is 11.0. The molecule has 20 heavy (non-hydrogen) atoms. The van der Waals surface area contributed by atoms with Crippen molar-refractivity contribution in [1.29, 1.82) is 0 Å². The molecule has 0 bridgehead atoms. The van der Waals surface area contributed by atoms with E-state index in [9.17, 15) is 9.59 Å². The van der Waals surface area contributed by atoms with Gasteiger partial charge in [0.1, 0.15) is 6.04 Å². The minimum Gasteiger partial charge on any atom is -0.480 e. The van der Waals surface area contributed by atoms with E-state index >= 15 is 0 Å². The number of benzene rings is 1. The molecule has 1 aromatic heterocycles. The summed E-state index contributed by atoms with van der Waals surface area (Å²) in [5.41, 5.74) is 1.05. The van der Waals surface area contributed by atoms with Crippen LogP contribution in [0, 0.1) is 0 Å². The second-order valence-corrected chi connectivity index (χ2v) is 5.51. The van der Waals surface area contributed by atoms with Gasteiger partial charge in [-0.2, -0.15) is 0 Å². The van der Waals surface area contributed by atoms with Crippen LogP contribution in [-0.2, 0) is 16.1 Å². The first-order valence-corrected chi connectivity index (χ1v) is 7.03. The highest BCUT2D eigenvalue weighted by atomic mass is 79.9. The fourth-order valence-electron chi connectivity index (χ4n) is 1.96. The molecule has 1 heterocycles. The first-order chi connectivity index (χ1) is 9.47. The number of carbonyl (C=O) groups is 2. The summed E-state index contributed by atoms with van der Waals surface area (Å²) in [5, 5.41) is 12.3. The molecule has 1 aromatic carbocycles. The first-order valence-electron chi connectivity index (χ1n) is 6.24. The van der Waals surface area contributed by atoms with E-state index in [-0.39, 0.29) is 12.3 Å². The Hall–Kier alpha value is -1.82. The van der Waals surface area contributed by atoms with Gasteiger partial charge in [-0.05, 0) is 31.2 Å². The highest BCUT2D eigenvalue weighted by Crippen LogP contribution is 2.21. The minimum absolute atomic E-state index is 0.247. The van der Waals surface area contributed by atoms with Crippen molar-refractivity contribution in [3.8, 4) is 0 Å². The maximum Gasteiger partial charge on any atom is 0.325 e. The van der Waals surface area contributed by atoms with Crippen LogP contribution in [0.1, 0.15) is 13.3 Å². The summed E-state index contributed by atoms with van der Waals surface area (Å²) in [6.07, 6.45) is 2.17. The SMILES string of the molecule is CC(NC(=O)CCn1ccc2cc(Br)ccc21)C(=O)O. The summed E-state index contributed by atoms with van der Waals surface area (Å²) in [6, 6.07) is 7.07. The number of aromatic nitrogens is 1. The van der Waals surface area contributed by atoms with Gasteiger partial charge in [0.25, 0.3) is 0 Å². The van der Waals surface area contributed by atoms with Crippen molar-refractivity contribution in [3.05, 3.63) is 34.9 Å². The van der Waals surface area contributed by atoms with E-state index in [4.69, 9.17) is 5.11 Å². The molecule has 2 N–H and O–H groups in total. The van der Waals surface area contributed by atoms with Crippen LogP contribution < -0.4 is 5.32 Å². The molecule has 0 aliphatic rings. The van der Waals surface area contributed by atoms with Gasteiger partial charge < -0.3 is 15.0 Å². The monoisotopic (exact) mass is 338 g/mol. The van der Waals surface area contributed by atoms with Crippen LogP contribution in [-0.4, -0.2) is 27.6 Å². The molecule has 0 saturated heterocycles. The summed E-state index contributed by atoms with van der Waals surface area (Å²) in [6.45, 7) is 1.96. The number of fused-ring (bicyclic) bond motifs is 1. The Kier molecular flexibility index (Phi) is 4.44. The van der Waals surface area contributed by atoms with Crippen molar-refractivity contribution < 1.29 is 14.7 Å². The Morgan fingerprint density at radius 1 is 1.40 bits per heavy atom. The van der Waals surface area contributed by atoms with E-state index in [1.807, 2.05) is 35.0 Å². The lowest BCUT2D eigenvalue weighted by molar-refractivity contribution is -0.141. The van der Waals surface area contributed by atoms with Crippen LogP contribution in [0.3, 0.4) is 0 Å². The molecule has 0 saturated carbocycles. The Balaban J connectivity index is 1.99. The Labute approximate surface area is 124 Å². The average molecular weight is 339 g/mol. The zero-order chi connectivity index (χ0) is 14.7. The van der Waals surface area contributed by atoms with Gasteiger partial charge in [0.15, 0.2) is 0 Å². The number of nitrogens with one attached hydrogen (secondary N) is 1. The second kappa shape index (κ2) is 6.09. The van der Waals surface area contributed by atoms with Crippen molar-refractivity contribution in [3.63, 3.8) is 0 Å². The van der Waals surface area contributed by atoms with E-state index < -0.39 is 12.0 Å². The van der Waals surface area contributed by atoms with Crippen molar-refractivity contribution >= 4 is 38.7 Å². The fraction of sp³-hybridized carbons (Fsp3) is 0.286. The van der Waals surface area contributed by atoms with Gasteiger partial charge in [0, 0.05) is 34.5 Å². The predicted octanol–water partition coefficient (Wildman–Crippen LogP) is 2.38. The van der Waals surface area contributed by atoms with Crippen LogP contribution >= 0.6 is 15.9 Å². The Morgan fingerprint density at radius 2 is 2.15 bits per heavy atom. The molecule has 2 aromatic rings. The average Bonchev–Trinajstić information content (AvgIpc) is 2.78. The molecule has 0 aliphatic heterocycles. The second-order valence-electron chi connectivity index (χ2n) is 4.59. The standard InChI is InChI=1S/C14H15BrN2O3/c1-9(14(19)20)16-13(18)5-7-17-6-4-10-8-11(15)2-3-12(10)17/h2-4,6,8-9H,5,7H2,1H3,(H,16,18)(H,19,20). The highest BCUT2D eigenvalue weighted by molar-refractivity contribution is 9.10. The lowest BCUT2D eigenvalue weighted by Gasteiger charge is -2.10. The predicted molar refractivity (Wildman–Crippen MR) is 79.5 cm³/mol. The van der Waals surface area contributed by atoms with Crippen LogP contribution in [0.25, 0.3) is 10.9 Å². The molecule has 106 valence electrons. The molecule has 0 radical (unpaired) electrons. The quantitative estimate of drug-likeness (QED) is 0.879. The number of halogens is 1. The molecule has 1 unspecified atom stereocenters. The summed E-state index contributed by atoms with van der Waals surface area (Å²) < 4.78 is 2.99. The number of hydrogen-bond donors (Lipinski definition) is 2. The first kappa shape index (κ1) is 14.6. The molecule has 0 fully saturated rings. The number of hydrogen-bond acceptors (Lipinski definition) is 2. The number of carboxylic acid groups (broad SMARTS) is 1. The van der Waals surface area contributed by atoms with Gasteiger partial charge in [0.2, 0.25) is 5.91 Å². The van der Waals surface area contributed by atoms with Crippen molar-refractivity contribution in [2.75, 3.05) is 0 Å². The molecule has 0 spiro atoms. The number of nitrogens with zero attached hydrogens (tertiary/aromatic N) is 1. The fourth-order valence-corrected chi connectivity index (χ4v) is 2.34. The number of carboxylic acids is 1. The third-order valence-electron chi connectivity index (χ3n) is 3.06. The van der Waals surface area contributed by atoms with Crippen LogP contribution in [0.2, 0.25) is 0 Å². The molecule has 6 heteroatoms. The minimum atomic E-state index is -1.03. The molecular formula is C14H15BrN2O3. The highest BCUT2D eigenvalue weighted by Gasteiger charge is 2.13. The largest absolute Gasteiger partial charge is 0.480 e. The normalized spacial score (nSPS) is 12.3. The summed E-state index contributed by atoms with van der Waals surface area (Å²) >= 11 is 3.42. The molecule has 2 rings (SSSR count). The lowest BCUT2D eigenvalue weighted by Crippen LogP contribution is -2.38. The van der Waals surface area contributed by atoms with Gasteiger partial charge in [0.05, 0.1) is 0 Å². The van der Waals surface area contributed by atoms with Gasteiger partial charge in [-0.15, -0.1) is 0 Å². The summed E-state index contributed by atoms with van der Waals surface area (Å²) in [5.74, 6) is -1.30. The van der Waals surface area contributed by atoms with Crippen molar-refractivity contribution in [2.24, 2.45) is 0 Å². The topological polar surface area (TPSA) is 71.3 Å². The van der Waals surface area contributed by atoms with E-state index in [2.05, 4.69) is 21.2 Å². The van der Waals surface area contributed by atoms with E-state index in [0.29, 0.717) is 6.54 Å². The van der Waals surface area contributed by atoms with Crippen molar-refractivity contribution in [1.82, 2.24) is 9.88 Å². The third kappa shape index (κ3) is 3.39. The molecule has 1 atom stereocenters. The molecule has 5 nitrogen and oxygen atoms in total.